The second-order valence-electron chi connectivity index (χ2n) is 5.24. The van der Waals surface area contributed by atoms with Gasteiger partial charge in [0.2, 0.25) is 5.91 Å². The van der Waals surface area contributed by atoms with Gasteiger partial charge in [0, 0.05) is 31.6 Å². The van der Waals surface area contributed by atoms with Crippen molar-refractivity contribution in [3.05, 3.63) is 38.9 Å². The highest BCUT2D eigenvalue weighted by molar-refractivity contribution is 5.85. The molecule has 10 heteroatoms. The van der Waals surface area contributed by atoms with E-state index >= 15 is 0 Å². The molecule has 132 valence electrons. The number of aryl methyl sites for hydroxylation is 1. The zero-order chi connectivity index (χ0) is 17.0. The molecular weight excluding hydrogens is 340 g/mol. The van der Waals surface area contributed by atoms with Gasteiger partial charge in [0.05, 0.1) is 16.5 Å². The number of nitro groups is 1. The predicted molar refractivity (Wildman–Crippen MR) is 90.3 cm³/mol. The zero-order valence-corrected chi connectivity index (χ0v) is 13.9. The van der Waals surface area contributed by atoms with Gasteiger partial charge in [0.25, 0.3) is 5.69 Å². The number of halogens is 1. The number of benzene rings is 1. The summed E-state index contributed by atoms with van der Waals surface area (Å²) in [7, 11) is 0. The molecule has 2 aromatic rings. The van der Waals surface area contributed by atoms with Gasteiger partial charge in [-0.25, -0.2) is 4.79 Å². The van der Waals surface area contributed by atoms with Crippen LogP contribution in [-0.2, 0) is 11.3 Å². The van der Waals surface area contributed by atoms with Crippen LogP contribution in [0.4, 0.5) is 5.69 Å². The molecule has 0 spiro atoms. The Morgan fingerprint density at radius 1 is 1.50 bits per heavy atom. The topological polar surface area (TPSA) is 133 Å². The number of rotatable bonds is 7. The van der Waals surface area contributed by atoms with Crippen molar-refractivity contribution in [2.24, 2.45) is 5.73 Å². The maximum Gasteiger partial charge on any atom is 0.419 e. The second-order valence-corrected chi connectivity index (χ2v) is 5.24. The third kappa shape index (κ3) is 4.56. The third-order valence-corrected chi connectivity index (χ3v) is 3.41. The van der Waals surface area contributed by atoms with Gasteiger partial charge in [0.1, 0.15) is 0 Å². The van der Waals surface area contributed by atoms with Crippen molar-refractivity contribution in [1.82, 2.24) is 9.88 Å². The monoisotopic (exact) mass is 358 g/mol. The van der Waals surface area contributed by atoms with E-state index < -0.39 is 10.7 Å². The standard InChI is InChI=1S/C14H18N4O5.ClH/c1-9(8-15)16-13(19)3-2-6-17-11-5-4-10(18(21)22)7-12(11)23-14(17)20;/h4-5,7,9H,2-3,6,8,15H2,1H3,(H,16,19);1H/t9-;/m0./s1. The smallest absolute Gasteiger partial charge is 0.407 e. The number of amides is 1. The maximum absolute atomic E-state index is 11.8. The molecule has 0 unspecified atom stereocenters. The lowest BCUT2D eigenvalue weighted by Crippen LogP contribution is -2.37. The summed E-state index contributed by atoms with van der Waals surface area (Å²) in [4.78, 5) is 33.7. The van der Waals surface area contributed by atoms with E-state index in [0.29, 0.717) is 18.5 Å². The summed E-state index contributed by atoms with van der Waals surface area (Å²) in [6, 6.07) is 3.89. The van der Waals surface area contributed by atoms with Crippen LogP contribution in [0.15, 0.2) is 27.4 Å². The molecule has 3 N–H and O–H groups in total. The first-order valence-electron chi connectivity index (χ1n) is 7.19. The zero-order valence-electron chi connectivity index (χ0n) is 13.1. The molecule has 1 aromatic heterocycles. The number of nitrogens with two attached hydrogens (primary N) is 1. The highest BCUT2D eigenvalue weighted by Gasteiger charge is 2.14. The van der Waals surface area contributed by atoms with E-state index in [-0.39, 0.29) is 48.6 Å². The van der Waals surface area contributed by atoms with E-state index in [1.165, 1.54) is 22.8 Å². The van der Waals surface area contributed by atoms with E-state index in [0.717, 1.165) is 0 Å². The Hall–Kier alpha value is -2.39. The maximum atomic E-state index is 11.8. The molecule has 0 aliphatic heterocycles. The van der Waals surface area contributed by atoms with E-state index in [4.69, 9.17) is 10.2 Å². The fourth-order valence-corrected chi connectivity index (χ4v) is 2.18. The number of nitrogens with one attached hydrogen (secondary N) is 1. The lowest BCUT2D eigenvalue weighted by Gasteiger charge is -2.10. The molecule has 1 aromatic carbocycles. The van der Waals surface area contributed by atoms with Crippen molar-refractivity contribution in [2.75, 3.05) is 6.54 Å². The number of fused-ring (bicyclic) bond motifs is 1. The number of non-ortho nitro benzene ring substituents is 1. The van der Waals surface area contributed by atoms with Crippen LogP contribution in [0, 0.1) is 10.1 Å². The average Bonchev–Trinajstić information content (AvgIpc) is 2.82. The lowest BCUT2D eigenvalue weighted by atomic mass is 10.2. The van der Waals surface area contributed by atoms with Gasteiger partial charge in [0.15, 0.2) is 5.58 Å². The van der Waals surface area contributed by atoms with Gasteiger partial charge in [-0.1, -0.05) is 0 Å². The largest absolute Gasteiger partial charge is 0.419 e. The first-order valence-corrected chi connectivity index (χ1v) is 7.19. The molecule has 0 aliphatic carbocycles. The molecule has 1 amide bonds. The van der Waals surface area contributed by atoms with Crippen LogP contribution >= 0.6 is 12.4 Å². The van der Waals surface area contributed by atoms with Crippen LogP contribution in [-0.4, -0.2) is 28.0 Å². The Balaban J connectivity index is 0.00000288. The molecule has 1 atom stereocenters. The van der Waals surface area contributed by atoms with Crippen molar-refractivity contribution in [3.8, 4) is 0 Å². The molecule has 24 heavy (non-hydrogen) atoms. The van der Waals surface area contributed by atoms with Gasteiger partial charge in [-0.3, -0.25) is 19.5 Å². The van der Waals surface area contributed by atoms with Crippen LogP contribution < -0.4 is 16.8 Å². The molecule has 2 rings (SSSR count). The van der Waals surface area contributed by atoms with Crippen LogP contribution in [0.3, 0.4) is 0 Å². The molecule has 9 nitrogen and oxygen atoms in total. The van der Waals surface area contributed by atoms with Crippen molar-refractivity contribution in [3.63, 3.8) is 0 Å². The fraction of sp³-hybridized carbons (Fsp3) is 0.429. The minimum atomic E-state index is -0.601. The minimum Gasteiger partial charge on any atom is -0.407 e. The SMILES string of the molecule is C[C@@H](CN)NC(=O)CCCn1c(=O)oc2cc([N+](=O)[O-])ccc21.Cl. The van der Waals surface area contributed by atoms with Crippen molar-refractivity contribution in [1.29, 1.82) is 0 Å². The number of oxazole rings is 1. The number of hydrogen-bond donors (Lipinski definition) is 2. The van der Waals surface area contributed by atoms with Gasteiger partial charge in [-0.2, -0.15) is 0 Å². The number of hydrogen-bond acceptors (Lipinski definition) is 6. The van der Waals surface area contributed by atoms with Crippen LogP contribution in [0.25, 0.3) is 11.1 Å². The van der Waals surface area contributed by atoms with Crippen LogP contribution in [0.1, 0.15) is 19.8 Å². The molecule has 0 aliphatic rings. The van der Waals surface area contributed by atoms with Crippen LogP contribution in [0.2, 0.25) is 0 Å². The van der Waals surface area contributed by atoms with E-state index in [1.54, 1.807) is 6.92 Å². The Morgan fingerprint density at radius 2 is 2.21 bits per heavy atom. The van der Waals surface area contributed by atoms with Crippen LogP contribution in [0.5, 0.6) is 0 Å². The minimum absolute atomic E-state index is 0. The summed E-state index contributed by atoms with van der Waals surface area (Å²) >= 11 is 0. The Morgan fingerprint density at radius 3 is 2.83 bits per heavy atom. The fourth-order valence-electron chi connectivity index (χ4n) is 2.18. The highest BCUT2D eigenvalue weighted by Crippen LogP contribution is 2.20. The van der Waals surface area contributed by atoms with Crippen molar-refractivity contribution in [2.45, 2.75) is 32.4 Å². The van der Waals surface area contributed by atoms with E-state index in [2.05, 4.69) is 5.32 Å². The quantitative estimate of drug-likeness (QED) is 0.563. The Kier molecular flexibility index (Phi) is 6.93. The second kappa shape index (κ2) is 8.46. The number of nitrogens with zero attached hydrogens (tertiary/aromatic N) is 2. The lowest BCUT2D eigenvalue weighted by molar-refractivity contribution is -0.384. The normalized spacial score (nSPS) is 11.8. The van der Waals surface area contributed by atoms with Crippen molar-refractivity contribution < 1.29 is 14.1 Å². The summed E-state index contributed by atoms with van der Waals surface area (Å²) in [5.74, 6) is -0.740. The summed E-state index contributed by atoms with van der Waals surface area (Å²) in [6.07, 6.45) is 0.686. The first kappa shape index (κ1) is 19.7. The van der Waals surface area contributed by atoms with Gasteiger partial charge in [-0.05, 0) is 19.4 Å². The van der Waals surface area contributed by atoms with Gasteiger partial charge >= 0.3 is 5.76 Å². The van der Waals surface area contributed by atoms with E-state index in [9.17, 15) is 19.7 Å². The average molecular weight is 359 g/mol. The molecule has 0 fully saturated rings. The summed E-state index contributed by atoms with van der Waals surface area (Å²) in [5, 5.41) is 13.5. The van der Waals surface area contributed by atoms with Gasteiger partial charge in [-0.15, -0.1) is 12.4 Å². The third-order valence-electron chi connectivity index (χ3n) is 3.41. The molecule has 0 saturated carbocycles. The summed E-state index contributed by atoms with van der Waals surface area (Å²) < 4.78 is 6.38. The van der Waals surface area contributed by atoms with E-state index in [1.807, 2.05) is 0 Å². The number of aromatic nitrogens is 1. The molecule has 0 radical (unpaired) electrons. The molecular formula is C14H19ClN4O5. The number of carbonyl (C=O) groups is 1. The predicted octanol–water partition coefficient (Wildman–Crippen LogP) is 1.17. The molecule has 1 heterocycles. The Bertz CT molecular complexity index is 785. The van der Waals surface area contributed by atoms with Crippen molar-refractivity contribution >= 4 is 35.1 Å². The summed E-state index contributed by atoms with van der Waals surface area (Å²) in [6.45, 7) is 2.45. The highest BCUT2D eigenvalue weighted by atomic mass is 35.5. The van der Waals surface area contributed by atoms with Gasteiger partial charge < -0.3 is 15.5 Å². The molecule has 0 bridgehead atoms. The number of nitro benzene ring substituents is 1. The number of carbonyl (C=O) groups excluding carboxylic acids is 1. The summed E-state index contributed by atoms with van der Waals surface area (Å²) in [5.41, 5.74) is 5.90. The Labute approximate surface area is 143 Å². The molecule has 0 saturated heterocycles. The first-order chi connectivity index (χ1) is 10.9.